The van der Waals surface area contributed by atoms with Crippen molar-refractivity contribution in [3.63, 3.8) is 0 Å². The second-order valence-corrected chi connectivity index (χ2v) is 6.31. The van der Waals surface area contributed by atoms with Crippen molar-refractivity contribution in [1.29, 1.82) is 0 Å². The minimum absolute atomic E-state index is 0.258. The molecular formula is C12H19NO3S. The molecule has 1 aromatic rings. The minimum Gasteiger partial charge on any atom is -0.497 e. The third-order valence-corrected chi connectivity index (χ3v) is 5.17. The average Bonchev–Trinajstić information content (AvgIpc) is 2.36. The number of sulfone groups is 1. The van der Waals surface area contributed by atoms with Crippen molar-refractivity contribution in [3.8, 4) is 5.75 Å². The molecule has 0 fully saturated rings. The molecule has 2 unspecified atom stereocenters. The number of hydrogen-bond donors (Lipinski definition) is 1. The first-order valence-corrected chi connectivity index (χ1v) is 7.11. The van der Waals surface area contributed by atoms with Crippen molar-refractivity contribution >= 4 is 9.84 Å². The molecule has 96 valence electrons. The molecule has 0 saturated heterocycles. The van der Waals surface area contributed by atoms with Gasteiger partial charge in [0.1, 0.15) is 5.75 Å². The van der Waals surface area contributed by atoms with Crippen molar-refractivity contribution in [1.82, 2.24) is 0 Å². The molecule has 0 heterocycles. The maximum absolute atomic E-state index is 12.3. The summed E-state index contributed by atoms with van der Waals surface area (Å²) in [6.45, 7) is 3.52. The van der Waals surface area contributed by atoms with Crippen LogP contribution < -0.4 is 10.5 Å². The lowest BCUT2D eigenvalue weighted by molar-refractivity contribution is 0.413. The van der Waals surface area contributed by atoms with Crippen LogP contribution in [0, 0.1) is 0 Å². The molecule has 2 atom stereocenters. The Morgan fingerprint density at radius 2 is 2.06 bits per heavy atom. The van der Waals surface area contributed by atoms with Crippen LogP contribution in [0.5, 0.6) is 5.75 Å². The Morgan fingerprint density at radius 3 is 2.59 bits per heavy atom. The zero-order valence-electron chi connectivity index (χ0n) is 10.4. The molecule has 0 spiro atoms. The van der Waals surface area contributed by atoms with Crippen LogP contribution in [0.15, 0.2) is 29.2 Å². The van der Waals surface area contributed by atoms with Crippen molar-refractivity contribution in [2.45, 2.75) is 36.5 Å². The maximum atomic E-state index is 12.3. The van der Waals surface area contributed by atoms with E-state index >= 15 is 0 Å². The Labute approximate surface area is 103 Å². The highest BCUT2D eigenvalue weighted by atomic mass is 32.2. The molecule has 1 rings (SSSR count). The predicted octanol–water partition coefficient (Wildman–Crippen LogP) is 1.59. The molecular weight excluding hydrogens is 238 g/mol. The standard InChI is InChI=1S/C12H19NO3S/c1-4-12(13)9(2)17(14,15)11-7-5-6-10(8-11)16-3/h5-9,12H,4,13H2,1-3H3. The highest BCUT2D eigenvalue weighted by Gasteiger charge is 2.27. The summed E-state index contributed by atoms with van der Waals surface area (Å²) in [5, 5.41) is -0.598. The second-order valence-electron chi connectivity index (χ2n) is 4.00. The molecule has 5 heteroatoms. The normalized spacial score (nSPS) is 15.3. The summed E-state index contributed by atoms with van der Waals surface area (Å²) in [5.74, 6) is 0.531. The molecule has 2 N–H and O–H groups in total. The molecule has 0 saturated carbocycles. The molecule has 0 aliphatic heterocycles. The van der Waals surface area contributed by atoms with Crippen LogP contribution in [-0.4, -0.2) is 26.8 Å². The molecule has 0 aliphatic rings. The number of benzene rings is 1. The Hall–Kier alpha value is -1.07. The van der Waals surface area contributed by atoms with E-state index in [9.17, 15) is 8.42 Å². The van der Waals surface area contributed by atoms with Gasteiger partial charge in [0.05, 0.1) is 17.3 Å². The summed E-state index contributed by atoms with van der Waals surface area (Å²) < 4.78 is 29.6. The van der Waals surface area contributed by atoms with Crippen LogP contribution >= 0.6 is 0 Å². The van der Waals surface area contributed by atoms with Gasteiger partial charge in [-0.1, -0.05) is 13.0 Å². The van der Waals surface area contributed by atoms with Crippen molar-refractivity contribution < 1.29 is 13.2 Å². The Balaban J connectivity index is 3.12. The van der Waals surface area contributed by atoms with Gasteiger partial charge in [-0.3, -0.25) is 0 Å². The lowest BCUT2D eigenvalue weighted by Crippen LogP contribution is -2.37. The van der Waals surface area contributed by atoms with E-state index in [1.807, 2.05) is 6.92 Å². The topological polar surface area (TPSA) is 69.4 Å². The third-order valence-electron chi connectivity index (χ3n) is 2.93. The van der Waals surface area contributed by atoms with Crippen molar-refractivity contribution in [2.24, 2.45) is 5.73 Å². The van der Waals surface area contributed by atoms with Crippen LogP contribution in [0.4, 0.5) is 0 Å². The Bertz CT molecular complexity index is 470. The first kappa shape index (κ1) is 14.0. The molecule has 0 radical (unpaired) electrons. The summed E-state index contributed by atoms with van der Waals surface area (Å²) >= 11 is 0. The zero-order valence-corrected chi connectivity index (χ0v) is 11.2. The first-order chi connectivity index (χ1) is 7.93. The largest absolute Gasteiger partial charge is 0.497 e. The molecule has 0 aliphatic carbocycles. The molecule has 0 aromatic heterocycles. The van der Waals surface area contributed by atoms with Gasteiger partial charge in [-0.2, -0.15) is 0 Å². The van der Waals surface area contributed by atoms with Gasteiger partial charge in [0.15, 0.2) is 9.84 Å². The Morgan fingerprint density at radius 1 is 1.41 bits per heavy atom. The van der Waals surface area contributed by atoms with Gasteiger partial charge in [0.25, 0.3) is 0 Å². The molecule has 4 nitrogen and oxygen atoms in total. The smallest absolute Gasteiger partial charge is 0.182 e. The van der Waals surface area contributed by atoms with E-state index in [2.05, 4.69) is 0 Å². The monoisotopic (exact) mass is 257 g/mol. The van der Waals surface area contributed by atoms with Crippen LogP contribution in [0.25, 0.3) is 0 Å². The van der Waals surface area contributed by atoms with E-state index in [4.69, 9.17) is 10.5 Å². The lowest BCUT2D eigenvalue weighted by Gasteiger charge is -2.19. The van der Waals surface area contributed by atoms with E-state index in [1.54, 1.807) is 25.1 Å². The van der Waals surface area contributed by atoms with Gasteiger partial charge in [-0.25, -0.2) is 8.42 Å². The van der Waals surface area contributed by atoms with Gasteiger partial charge in [-0.15, -0.1) is 0 Å². The summed E-state index contributed by atoms with van der Waals surface area (Å²) in [7, 11) is -1.88. The zero-order chi connectivity index (χ0) is 13.1. The van der Waals surface area contributed by atoms with Gasteiger partial charge in [-0.05, 0) is 31.5 Å². The first-order valence-electron chi connectivity index (χ1n) is 5.57. The number of rotatable bonds is 5. The summed E-state index contributed by atoms with van der Waals surface area (Å²) in [6, 6.07) is 6.11. The second kappa shape index (κ2) is 5.51. The summed E-state index contributed by atoms with van der Waals surface area (Å²) in [4.78, 5) is 0.258. The molecule has 1 aromatic carbocycles. The summed E-state index contributed by atoms with van der Waals surface area (Å²) in [5.41, 5.74) is 5.80. The summed E-state index contributed by atoms with van der Waals surface area (Å²) in [6.07, 6.45) is 0.629. The average molecular weight is 257 g/mol. The van der Waals surface area contributed by atoms with Gasteiger partial charge in [0.2, 0.25) is 0 Å². The SMILES string of the molecule is CCC(N)C(C)S(=O)(=O)c1cccc(OC)c1. The fourth-order valence-corrected chi connectivity index (χ4v) is 3.19. The van der Waals surface area contributed by atoms with Gasteiger partial charge < -0.3 is 10.5 Å². The van der Waals surface area contributed by atoms with Crippen LogP contribution in [-0.2, 0) is 9.84 Å². The minimum atomic E-state index is -3.39. The van der Waals surface area contributed by atoms with E-state index < -0.39 is 15.1 Å². The van der Waals surface area contributed by atoms with E-state index in [1.165, 1.54) is 13.2 Å². The number of ether oxygens (including phenoxy) is 1. The molecule has 0 bridgehead atoms. The van der Waals surface area contributed by atoms with Crippen LogP contribution in [0.2, 0.25) is 0 Å². The predicted molar refractivity (Wildman–Crippen MR) is 67.9 cm³/mol. The van der Waals surface area contributed by atoms with Crippen LogP contribution in [0.1, 0.15) is 20.3 Å². The fourth-order valence-electron chi connectivity index (χ4n) is 1.55. The Kier molecular flexibility index (Phi) is 4.54. The van der Waals surface area contributed by atoms with E-state index in [0.29, 0.717) is 12.2 Å². The number of methoxy groups -OCH3 is 1. The van der Waals surface area contributed by atoms with E-state index in [0.717, 1.165) is 0 Å². The van der Waals surface area contributed by atoms with Crippen LogP contribution in [0.3, 0.4) is 0 Å². The fraction of sp³-hybridized carbons (Fsp3) is 0.500. The third kappa shape index (κ3) is 2.98. The highest BCUT2D eigenvalue weighted by molar-refractivity contribution is 7.92. The number of nitrogens with two attached hydrogens (primary N) is 1. The molecule has 17 heavy (non-hydrogen) atoms. The number of hydrogen-bond acceptors (Lipinski definition) is 4. The van der Waals surface area contributed by atoms with Gasteiger partial charge >= 0.3 is 0 Å². The molecule has 0 amide bonds. The lowest BCUT2D eigenvalue weighted by atomic mass is 10.2. The van der Waals surface area contributed by atoms with Crippen molar-refractivity contribution in [3.05, 3.63) is 24.3 Å². The van der Waals surface area contributed by atoms with Gasteiger partial charge in [0, 0.05) is 6.04 Å². The highest BCUT2D eigenvalue weighted by Crippen LogP contribution is 2.22. The van der Waals surface area contributed by atoms with E-state index in [-0.39, 0.29) is 10.9 Å². The maximum Gasteiger partial charge on any atom is 0.182 e. The quantitative estimate of drug-likeness (QED) is 0.869. The van der Waals surface area contributed by atoms with Crippen molar-refractivity contribution in [2.75, 3.05) is 7.11 Å².